The molecule has 0 aliphatic rings. The molecule has 6 nitrogen and oxygen atoms in total. The van der Waals surface area contributed by atoms with Crippen molar-refractivity contribution in [2.24, 2.45) is 0 Å². The molecule has 0 aliphatic heterocycles. The third kappa shape index (κ3) is 1.29. The third-order valence-corrected chi connectivity index (χ3v) is 1.19. The summed E-state index contributed by atoms with van der Waals surface area (Å²) in [5.41, 5.74) is 4.82. The fourth-order valence-corrected chi connectivity index (χ4v) is 0.694. The summed E-state index contributed by atoms with van der Waals surface area (Å²) in [7, 11) is 0. The molecule has 60 valence electrons. The first-order chi connectivity index (χ1) is 5.65. The SMILES string of the molecule is N#Cc1ncc(N)cc1[N+](=O)[O-]. The van der Waals surface area contributed by atoms with Crippen molar-refractivity contribution in [3.05, 3.63) is 28.1 Å². The Morgan fingerprint density at radius 3 is 2.92 bits per heavy atom. The Balaban J connectivity index is 3.34. The van der Waals surface area contributed by atoms with Crippen LogP contribution in [0.3, 0.4) is 0 Å². The van der Waals surface area contributed by atoms with Crippen molar-refractivity contribution in [2.45, 2.75) is 0 Å². The Morgan fingerprint density at radius 1 is 1.75 bits per heavy atom. The molecule has 1 heterocycles. The topological polar surface area (TPSA) is 106 Å². The predicted octanol–water partition coefficient (Wildman–Crippen LogP) is 0.444. The van der Waals surface area contributed by atoms with Crippen LogP contribution in [0.1, 0.15) is 5.69 Å². The van der Waals surface area contributed by atoms with E-state index in [0.29, 0.717) is 0 Å². The highest BCUT2D eigenvalue weighted by Crippen LogP contribution is 2.17. The quantitative estimate of drug-likeness (QED) is 0.478. The van der Waals surface area contributed by atoms with Crippen LogP contribution in [0.15, 0.2) is 12.3 Å². The monoisotopic (exact) mass is 164 g/mol. The van der Waals surface area contributed by atoms with E-state index in [0.717, 1.165) is 6.07 Å². The van der Waals surface area contributed by atoms with Crippen molar-refractivity contribution in [1.29, 1.82) is 5.26 Å². The van der Waals surface area contributed by atoms with Gasteiger partial charge in [0.05, 0.1) is 16.8 Å². The minimum atomic E-state index is -0.693. The van der Waals surface area contributed by atoms with Crippen LogP contribution in [0.5, 0.6) is 0 Å². The standard InChI is InChI=1S/C6H4N4O2/c7-2-5-6(10(11)12)1-4(8)3-9-5/h1,3H,8H2. The molecule has 12 heavy (non-hydrogen) atoms. The van der Waals surface area contributed by atoms with Crippen LogP contribution in [-0.4, -0.2) is 9.91 Å². The average molecular weight is 164 g/mol. The second kappa shape index (κ2) is 2.84. The first-order valence-corrected chi connectivity index (χ1v) is 2.95. The Morgan fingerprint density at radius 2 is 2.42 bits per heavy atom. The number of nitrogens with zero attached hydrogens (tertiary/aromatic N) is 3. The van der Waals surface area contributed by atoms with Gasteiger partial charge in [0.1, 0.15) is 6.07 Å². The van der Waals surface area contributed by atoms with Gasteiger partial charge in [0, 0.05) is 6.07 Å². The van der Waals surface area contributed by atoms with E-state index in [-0.39, 0.29) is 17.1 Å². The number of pyridine rings is 1. The van der Waals surface area contributed by atoms with E-state index in [4.69, 9.17) is 11.0 Å². The molecule has 0 saturated heterocycles. The smallest absolute Gasteiger partial charge is 0.307 e. The lowest BCUT2D eigenvalue weighted by molar-refractivity contribution is -0.385. The zero-order valence-corrected chi connectivity index (χ0v) is 5.89. The van der Waals surface area contributed by atoms with Crippen LogP contribution in [0.2, 0.25) is 0 Å². The Hall–Kier alpha value is -2.16. The number of hydrogen-bond donors (Lipinski definition) is 1. The zero-order chi connectivity index (χ0) is 9.14. The lowest BCUT2D eigenvalue weighted by Gasteiger charge is -1.94. The maximum Gasteiger partial charge on any atom is 0.307 e. The highest BCUT2D eigenvalue weighted by molar-refractivity contribution is 5.52. The molecule has 0 unspecified atom stereocenters. The van der Waals surface area contributed by atoms with Gasteiger partial charge in [0.25, 0.3) is 0 Å². The molecule has 1 rings (SSSR count). The molecule has 0 aliphatic carbocycles. The Kier molecular flexibility index (Phi) is 1.88. The summed E-state index contributed by atoms with van der Waals surface area (Å²) in [5.74, 6) is 0. The maximum absolute atomic E-state index is 10.3. The minimum absolute atomic E-state index is 0.167. The van der Waals surface area contributed by atoms with E-state index >= 15 is 0 Å². The molecule has 1 aromatic heterocycles. The third-order valence-electron chi connectivity index (χ3n) is 1.19. The molecule has 0 fully saturated rings. The van der Waals surface area contributed by atoms with E-state index < -0.39 is 4.92 Å². The van der Waals surface area contributed by atoms with Gasteiger partial charge in [-0.25, -0.2) is 4.98 Å². The molecular formula is C6H4N4O2. The normalized spacial score (nSPS) is 8.92. The molecule has 0 atom stereocenters. The van der Waals surface area contributed by atoms with Gasteiger partial charge in [-0.3, -0.25) is 10.1 Å². The second-order valence-electron chi connectivity index (χ2n) is 2.01. The molecule has 6 heteroatoms. The fraction of sp³-hybridized carbons (Fsp3) is 0. The zero-order valence-electron chi connectivity index (χ0n) is 5.89. The number of nitriles is 1. The van der Waals surface area contributed by atoms with E-state index in [1.54, 1.807) is 6.07 Å². The first kappa shape index (κ1) is 7.94. The number of nitrogens with two attached hydrogens (primary N) is 1. The van der Waals surface area contributed by atoms with E-state index in [9.17, 15) is 10.1 Å². The number of nitro groups is 1. The van der Waals surface area contributed by atoms with Gasteiger partial charge in [-0.15, -0.1) is 0 Å². The first-order valence-electron chi connectivity index (χ1n) is 2.95. The molecule has 1 aromatic rings. The van der Waals surface area contributed by atoms with Crippen molar-refractivity contribution in [3.63, 3.8) is 0 Å². The van der Waals surface area contributed by atoms with Crippen LogP contribution in [0.4, 0.5) is 11.4 Å². The summed E-state index contributed by atoms with van der Waals surface area (Å²) in [6.07, 6.45) is 1.20. The van der Waals surface area contributed by atoms with Crippen LogP contribution in [0.25, 0.3) is 0 Å². The van der Waals surface area contributed by atoms with E-state index in [2.05, 4.69) is 4.98 Å². The summed E-state index contributed by atoms with van der Waals surface area (Å²) < 4.78 is 0. The molecular weight excluding hydrogens is 160 g/mol. The van der Waals surface area contributed by atoms with Crippen LogP contribution in [-0.2, 0) is 0 Å². The number of anilines is 1. The van der Waals surface area contributed by atoms with Crippen molar-refractivity contribution in [3.8, 4) is 6.07 Å². The van der Waals surface area contributed by atoms with Crippen LogP contribution in [0, 0.1) is 21.4 Å². The van der Waals surface area contributed by atoms with E-state index in [1.165, 1.54) is 6.20 Å². The van der Waals surface area contributed by atoms with Crippen molar-refractivity contribution in [2.75, 3.05) is 5.73 Å². The summed E-state index contributed by atoms with van der Waals surface area (Å²) in [4.78, 5) is 13.1. The minimum Gasteiger partial charge on any atom is -0.397 e. The Labute approximate surface area is 67.4 Å². The average Bonchev–Trinajstić information content (AvgIpc) is 2.04. The van der Waals surface area contributed by atoms with E-state index in [1.807, 2.05) is 0 Å². The fourth-order valence-electron chi connectivity index (χ4n) is 0.694. The number of rotatable bonds is 1. The predicted molar refractivity (Wildman–Crippen MR) is 40.0 cm³/mol. The molecule has 0 spiro atoms. The van der Waals surface area contributed by atoms with Gasteiger partial charge in [-0.1, -0.05) is 0 Å². The molecule has 0 radical (unpaired) electrons. The summed E-state index contributed by atoms with van der Waals surface area (Å²) >= 11 is 0. The lowest BCUT2D eigenvalue weighted by atomic mass is 10.3. The number of aromatic nitrogens is 1. The molecule has 0 bridgehead atoms. The van der Waals surface area contributed by atoms with Gasteiger partial charge in [-0.2, -0.15) is 5.26 Å². The molecule has 0 saturated carbocycles. The van der Waals surface area contributed by atoms with Gasteiger partial charge in [-0.05, 0) is 0 Å². The molecule has 0 amide bonds. The number of hydrogen-bond acceptors (Lipinski definition) is 5. The molecule has 2 N–H and O–H groups in total. The lowest BCUT2D eigenvalue weighted by Crippen LogP contribution is -1.97. The van der Waals surface area contributed by atoms with Crippen LogP contribution < -0.4 is 5.73 Å². The van der Waals surface area contributed by atoms with Gasteiger partial charge < -0.3 is 5.73 Å². The largest absolute Gasteiger partial charge is 0.397 e. The van der Waals surface area contributed by atoms with Crippen molar-refractivity contribution in [1.82, 2.24) is 4.98 Å². The second-order valence-corrected chi connectivity index (χ2v) is 2.01. The van der Waals surface area contributed by atoms with Gasteiger partial charge >= 0.3 is 5.69 Å². The van der Waals surface area contributed by atoms with Crippen molar-refractivity contribution < 1.29 is 4.92 Å². The summed E-state index contributed by atoms with van der Waals surface area (Å²) in [6.45, 7) is 0. The highest BCUT2D eigenvalue weighted by atomic mass is 16.6. The Bertz CT molecular complexity index is 368. The highest BCUT2D eigenvalue weighted by Gasteiger charge is 2.14. The molecule has 0 aromatic carbocycles. The summed E-state index contributed by atoms with van der Waals surface area (Å²) in [5, 5.41) is 18.7. The maximum atomic E-state index is 10.3. The van der Waals surface area contributed by atoms with Crippen LogP contribution >= 0.6 is 0 Å². The van der Waals surface area contributed by atoms with Gasteiger partial charge in [0.2, 0.25) is 5.69 Å². The summed E-state index contributed by atoms with van der Waals surface area (Å²) in [6, 6.07) is 2.70. The van der Waals surface area contributed by atoms with Gasteiger partial charge in [0.15, 0.2) is 0 Å². The van der Waals surface area contributed by atoms with Crippen molar-refractivity contribution >= 4 is 11.4 Å². The number of nitrogen functional groups attached to an aromatic ring is 1.